The Bertz CT molecular complexity index is 374. The Kier molecular flexibility index (Phi) is 3.31. The van der Waals surface area contributed by atoms with Crippen LogP contribution in [0.15, 0.2) is 18.2 Å². The molecule has 82 valence electrons. The van der Waals surface area contributed by atoms with Crippen molar-refractivity contribution in [2.45, 2.75) is 25.8 Å². The number of rotatable bonds is 3. The number of aromatic hydroxyl groups is 1. The fourth-order valence-corrected chi connectivity index (χ4v) is 1.31. The van der Waals surface area contributed by atoms with Crippen LogP contribution in [-0.2, 0) is 4.79 Å². The van der Waals surface area contributed by atoms with Crippen molar-refractivity contribution in [3.63, 3.8) is 0 Å². The Morgan fingerprint density at radius 3 is 2.27 bits per heavy atom. The molecule has 0 aliphatic carbocycles. The van der Waals surface area contributed by atoms with E-state index in [-0.39, 0.29) is 11.7 Å². The van der Waals surface area contributed by atoms with Gasteiger partial charge in [-0.3, -0.25) is 4.79 Å². The summed E-state index contributed by atoms with van der Waals surface area (Å²) in [7, 11) is 0. The number of carbonyl (C=O) groups is 1. The second-order valence-corrected chi connectivity index (χ2v) is 3.83. The first kappa shape index (κ1) is 11.5. The topological polar surface area (TPSA) is 83.5 Å². The van der Waals surface area contributed by atoms with Gasteiger partial charge in [0.15, 0.2) is 0 Å². The maximum absolute atomic E-state index is 10.7. The van der Waals surface area contributed by atoms with E-state index in [9.17, 15) is 9.90 Å². The van der Waals surface area contributed by atoms with Gasteiger partial charge in [0.25, 0.3) is 0 Å². The molecule has 1 aromatic carbocycles. The fourth-order valence-electron chi connectivity index (χ4n) is 1.31. The van der Waals surface area contributed by atoms with Crippen LogP contribution >= 0.6 is 0 Å². The van der Waals surface area contributed by atoms with Crippen molar-refractivity contribution < 1.29 is 15.0 Å². The van der Waals surface area contributed by atoms with Gasteiger partial charge in [-0.2, -0.15) is 0 Å². The molecule has 4 nitrogen and oxygen atoms in total. The predicted octanol–water partition coefficient (Wildman–Crippen LogP) is 1.60. The quantitative estimate of drug-likeness (QED) is 0.706. The normalized spacial score (nSPS) is 12.8. The van der Waals surface area contributed by atoms with Crippen molar-refractivity contribution in [1.82, 2.24) is 0 Å². The summed E-state index contributed by atoms with van der Waals surface area (Å²) in [6.45, 7) is 3.93. The maximum Gasteiger partial charge on any atom is 0.325 e. The summed E-state index contributed by atoms with van der Waals surface area (Å²) < 4.78 is 0. The highest BCUT2D eigenvalue weighted by Gasteiger charge is 2.16. The van der Waals surface area contributed by atoms with E-state index in [0.29, 0.717) is 5.56 Å². The molecule has 1 aromatic rings. The average molecular weight is 209 g/mol. The van der Waals surface area contributed by atoms with Gasteiger partial charge < -0.3 is 15.9 Å². The first-order chi connectivity index (χ1) is 6.91. The van der Waals surface area contributed by atoms with Gasteiger partial charge in [0.05, 0.1) is 0 Å². The van der Waals surface area contributed by atoms with Crippen LogP contribution in [0.4, 0.5) is 0 Å². The van der Waals surface area contributed by atoms with Crippen LogP contribution in [-0.4, -0.2) is 16.2 Å². The highest BCUT2D eigenvalue weighted by Crippen LogP contribution is 2.24. The minimum atomic E-state index is -1.10. The lowest BCUT2D eigenvalue weighted by Gasteiger charge is -2.12. The smallest absolute Gasteiger partial charge is 0.325 e. The van der Waals surface area contributed by atoms with Crippen LogP contribution in [0.3, 0.4) is 0 Å². The molecule has 1 unspecified atom stereocenters. The second kappa shape index (κ2) is 4.31. The standard InChI is InChI=1S/C11H15NO3/c1-6(2)7-3-8(5-9(13)4-7)10(12)11(14)15/h3-6,10,13H,12H2,1-2H3,(H,14,15). The van der Waals surface area contributed by atoms with Crippen LogP contribution in [0.2, 0.25) is 0 Å². The predicted molar refractivity (Wildman–Crippen MR) is 56.8 cm³/mol. The Morgan fingerprint density at radius 1 is 1.27 bits per heavy atom. The number of phenolic OH excluding ortho intramolecular Hbond substituents is 1. The van der Waals surface area contributed by atoms with E-state index in [1.54, 1.807) is 12.1 Å². The van der Waals surface area contributed by atoms with Crippen molar-refractivity contribution in [2.24, 2.45) is 5.73 Å². The zero-order valence-corrected chi connectivity index (χ0v) is 8.77. The first-order valence-corrected chi connectivity index (χ1v) is 4.74. The molecule has 0 saturated heterocycles. The molecule has 4 heteroatoms. The molecule has 0 aliphatic heterocycles. The lowest BCUT2D eigenvalue weighted by molar-refractivity contribution is -0.138. The highest BCUT2D eigenvalue weighted by atomic mass is 16.4. The van der Waals surface area contributed by atoms with Crippen LogP contribution in [0.5, 0.6) is 5.75 Å². The molecule has 4 N–H and O–H groups in total. The molecule has 0 bridgehead atoms. The Labute approximate surface area is 88.3 Å². The van der Waals surface area contributed by atoms with Gasteiger partial charge in [-0.1, -0.05) is 19.9 Å². The Hall–Kier alpha value is -1.55. The molecule has 0 aromatic heterocycles. The molecule has 15 heavy (non-hydrogen) atoms. The van der Waals surface area contributed by atoms with Gasteiger partial charge in [-0.25, -0.2) is 0 Å². The fraction of sp³-hybridized carbons (Fsp3) is 0.364. The number of hydrogen-bond donors (Lipinski definition) is 3. The lowest BCUT2D eigenvalue weighted by Crippen LogP contribution is -2.20. The molecular weight excluding hydrogens is 194 g/mol. The van der Waals surface area contributed by atoms with E-state index in [0.717, 1.165) is 5.56 Å². The number of benzene rings is 1. The van der Waals surface area contributed by atoms with Gasteiger partial charge in [0, 0.05) is 0 Å². The minimum absolute atomic E-state index is 0.0490. The summed E-state index contributed by atoms with van der Waals surface area (Å²) in [6, 6.07) is 3.62. The summed E-state index contributed by atoms with van der Waals surface area (Å²) in [5.41, 5.74) is 6.76. The van der Waals surface area contributed by atoms with Crippen molar-refractivity contribution >= 4 is 5.97 Å². The molecule has 0 heterocycles. The van der Waals surface area contributed by atoms with Crippen molar-refractivity contribution in [1.29, 1.82) is 0 Å². The average Bonchev–Trinajstić information content (AvgIpc) is 2.15. The van der Waals surface area contributed by atoms with Gasteiger partial charge >= 0.3 is 5.97 Å². The van der Waals surface area contributed by atoms with Gasteiger partial charge in [0.1, 0.15) is 11.8 Å². The van der Waals surface area contributed by atoms with E-state index in [1.807, 2.05) is 13.8 Å². The first-order valence-electron chi connectivity index (χ1n) is 4.74. The number of carboxylic acid groups (broad SMARTS) is 1. The zero-order valence-electron chi connectivity index (χ0n) is 8.77. The molecule has 0 aliphatic rings. The molecular formula is C11H15NO3. The molecule has 1 rings (SSSR count). The molecule has 0 amide bonds. The molecule has 0 radical (unpaired) electrons. The largest absolute Gasteiger partial charge is 0.508 e. The second-order valence-electron chi connectivity index (χ2n) is 3.83. The van der Waals surface area contributed by atoms with Crippen LogP contribution in [0.1, 0.15) is 36.9 Å². The molecule has 0 saturated carbocycles. The molecule has 1 atom stereocenters. The monoisotopic (exact) mass is 209 g/mol. The highest BCUT2D eigenvalue weighted by molar-refractivity contribution is 5.75. The van der Waals surface area contributed by atoms with Crippen LogP contribution in [0.25, 0.3) is 0 Å². The van der Waals surface area contributed by atoms with Crippen LogP contribution < -0.4 is 5.73 Å². The number of hydrogen-bond acceptors (Lipinski definition) is 3. The summed E-state index contributed by atoms with van der Waals surface area (Å²) in [5.74, 6) is -0.833. The number of nitrogens with two attached hydrogens (primary N) is 1. The summed E-state index contributed by atoms with van der Waals surface area (Å²) in [6.07, 6.45) is 0. The Balaban J connectivity index is 3.14. The third kappa shape index (κ3) is 2.70. The Morgan fingerprint density at radius 2 is 1.80 bits per heavy atom. The zero-order chi connectivity index (χ0) is 11.6. The van der Waals surface area contributed by atoms with Crippen molar-refractivity contribution in [3.05, 3.63) is 29.3 Å². The van der Waals surface area contributed by atoms with Gasteiger partial charge in [-0.15, -0.1) is 0 Å². The van der Waals surface area contributed by atoms with E-state index in [1.165, 1.54) is 6.07 Å². The van der Waals surface area contributed by atoms with Crippen molar-refractivity contribution in [2.75, 3.05) is 0 Å². The third-order valence-corrected chi connectivity index (χ3v) is 2.25. The number of phenols is 1. The third-order valence-electron chi connectivity index (χ3n) is 2.25. The number of aliphatic carboxylic acids is 1. The minimum Gasteiger partial charge on any atom is -0.508 e. The molecule has 0 fully saturated rings. The maximum atomic E-state index is 10.7. The summed E-state index contributed by atoms with van der Waals surface area (Å²) in [5, 5.41) is 18.2. The summed E-state index contributed by atoms with van der Waals surface area (Å²) in [4.78, 5) is 10.7. The van der Waals surface area contributed by atoms with E-state index >= 15 is 0 Å². The van der Waals surface area contributed by atoms with Crippen LogP contribution in [0, 0.1) is 0 Å². The van der Waals surface area contributed by atoms with Crippen molar-refractivity contribution in [3.8, 4) is 5.75 Å². The number of carboxylic acids is 1. The summed E-state index contributed by atoms with van der Waals surface area (Å²) >= 11 is 0. The lowest BCUT2D eigenvalue weighted by atomic mass is 9.97. The van der Waals surface area contributed by atoms with E-state index in [2.05, 4.69) is 0 Å². The SMILES string of the molecule is CC(C)c1cc(O)cc(C(N)C(=O)O)c1. The van der Waals surface area contributed by atoms with E-state index < -0.39 is 12.0 Å². The van der Waals surface area contributed by atoms with E-state index in [4.69, 9.17) is 10.8 Å². The van der Waals surface area contributed by atoms with Gasteiger partial charge in [-0.05, 0) is 29.2 Å². The molecule has 0 spiro atoms. The van der Waals surface area contributed by atoms with Gasteiger partial charge in [0.2, 0.25) is 0 Å².